The number of carbonyl (C=O) groups is 1. The smallest absolute Gasteiger partial charge is 0.244 e. The first-order valence-corrected chi connectivity index (χ1v) is 7.01. The number of nitrogens with one attached hydrogen (secondary N) is 1. The second kappa shape index (κ2) is 7.85. The molecule has 0 atom stereocenters. The third kappa shape index (κ3) is 4.46. The molecular weight excluding hydrogens is 258 g/mol. The molecule has 0 aliphatic rings. The summed E-state index contributed by atoms with van der Waals surface area (Å²) >= 11 is 0. The summed E-state index contributed by atoms with van der Waals surface area (Å²) in [7, 11) is 0. The molecule has 0 saturated carbocycles. The fourth-order valence-corrected chi connectivity index (χ4v) is 2.09. The average Bonchev–Trinajstić information content (AvgIpc) is 2.54. The van der Waals surface area contributed by atoms with E-state index in [0.717, 1.165) is 11.1 Å². The minimum Gasteiger partial charge on any atom is -0.342 e. The van der Waals surface area contributed by atoms with E-state index >= 15 is 0 Å². The van der Waals surface area contributed by atoms with Crippen molar-refractivity contribution in [2.75, 3.05) is 0 Å². The van der Waals surface area contributed by atoms with Crippen molar-refractivity contribution in [1.29, 1.82) is 0 Å². The Hall–Kier alpha value is -2.61. The van der Waals surface area contributed by atoms with Crippen LogP contribution in [0, 0.1) is 0 Å². The highest BCUT2D eigenvalue weighted by Crippen LogP contribution is 2.21. The molecule has 0 spiro atoms. The van der Waals surface area contributed by atoms with E-state index in [1.54, 1.807) is 12.2 Å². The first-order chi connectivity index (χ1) is 10.3. The van der Waals surface area contributed by atoms with Crippen LogP contribution in [0.15, 0.2) is 85.0 Å². The predicted octanol–water partition coefficient (Wildman–Crippen LogP) is 4.02. The third-order valence-corrected chi connectivity index (χ3v) is 3.10. The van der Waals surface area contributed by atoms with Gasteiger partial charge in [0.15, 0.2) is 0 Å². The monoisotopic (exact) mass is 277 g/mol. The second-order valence-electron chi connectivity index (χ2n) is 4.65. The highest BCUT2D eigenvalue weighted by molar-refractivity contribution is 5.88. The number of hydrogen-bond acceptors (Lipinski definition) is 1. The highest BCUT2D eigenvalue weighted by atomic mass is 16.1. The number of carbonyl (C=O) groups excluding carboxylic acids is 1. The van der Waals surface area contributed by atoms with Crippen LogP contribution >= 0.6 is 0 Å². The fraction of sp³-hybridized carbons (Fsp3) is 0.105. The zero-order chi connectivity index (χ0) is 14.9. The van der Waals surface area contributed by atoms with Crippen LogP contribution in [0.2, 0.25) is 0 Å². The Labute approximate surface area is 125 Å². The highest BCUT2D eigenvalue weighted by Gasteiger charge is 2.14. The molecule has 1 N–H and O–H groups in total. The Kier molecular flexibility index (Phi) is 5.53. The molecule has 106 valence electrons. The average molecular weight is 277 g/mol. The molecule has 0 fully saturated rings. The maximum absolute atomic E-state index is 12.0. The number of allylic oxidation sites excluding steroid dienone is 3. The van der Waals surface area contributed by atoms with E-state index < -0.39 is 0 Å². The van der Waals surface area contributed by atoms with E-state index in [0.29, 0.717) is 0 Å². The maximum Gasteiger partial charge on any atom is 0.244 e. The molecule has 2 heteroatoms. The maximum atomic E-state index is 12.0. The number of rotatable bonds is 5. The number of hydrogen-bond donors (Lipinski definition) is 1. The first kappa shape index (κ1) is 14.8. The van der Waals surface area contributed by atoms with Crippen LogP contribution in [-0.2, 0) is 4.79 Å². The normalized spacial score (nSPS) is 11.3. The molecule has 21 heavy (non-hydrogen) atoms. The van der Waals surface area contributed by atoms with Crippen LogP contribution in [0.4, 0.5) is 0 Å². The molecule has 1 amide bonds. The number of amides is 1. The molecule has 2 rings (SSSR count). The Bertz CT molecular complexity index is 575. The minimum atomic E-state index is -0.143. The van der Waals surface area contributed by atoms with Crippen molar-refractivity contribution in [3.05, 3.63) is 96.1 Å². The molecule has 0 saturated heterocycles. The molecule has 0 aromatic heterocycles. The van der Waals surface area contributed by atoms with Crippen LogP contribution in [0.25, 0.3) is 0 Å². The van der Waals surface area contributed by atoms with Gasteiger partial charge in [0.05, 0.1) is 6.04 Å². The summed E-state index contributed by atoms with van der Waals surface area (Å²) in [6.45, 7) is 1.92. The van der Waals surface area contributed by atoms with Gasteiger partial charge in [-0.1, -0.05) is 78.9 Å². The van der Waals surface area contributed by atoms with E-state index in [1.165, 1.54) is 0 Å². The standard InChI is InChI=1S/C19H19NO/c1-2-3-6-15-18(21)20-19(16-11-7-4-8-12-16)17-13-9-5-10-14-17/h2-15,19H,1H3,(H,20,21)/b3-2+,15-6+. The van der Waals surface area contributed by atoms with Crippen molar-refractivity contribution in [3.8, 4) is 0 Å². The zero-order valence-electron chi connectivity index (χ0n) is 12.1. The Morgan fingerprint density at radius 3 is 1.90 bits per heavy atom. The van der Waals surface area contributed by atoms with Crippen molar-refractivity contribution in [2.24, 2.45) is 0 Å². The van der Waals surface area contributed by atoms with E-state index in [2.05, 4.69) is 5.32 Å². The molecule has 2 aromatic carbocycles. The molecule has 0 aliphatic carbocycles. The Morgan fingerprint density at radius 2 is 1.43 bits per heavy atom. The quantitative estimate of drug-likeness (QED) is 0.649. The van der Waals surface area contributed by atoms with Gasteiger partial charge in [0, 0.05) is 6.08 Å². The zero-order valence-corrected chi connectivity index (χ0v) is 12.1. The van der Waals surface area contributed by atoms with Crippen molar-refractivity contribution in [1.82, 2.24) is 5.32 Å². The van der Waals surface area contributed by atoms with Gasteiger partial charge in [-0.25, -0.2) is 0 Å². The van der Waals surface area contributed by atoms with Crippen molar-refractivity contribution in [3.63, 3.8) is 0 Å². The van der Waals surface area contributed by atoms with Gasteiger partial charge < -0.3 is 5.32 Å². The van der Waals surface area contributed by atoms with Crippen LogP contribution in [-0.4, -0.2) is 5.91 Å². The second-order valence-corrected chi connectivity index (χ2v) is 4.65. The summed E-state index contributed by atoms with van der Waals surface area (Å²) in [6.07, 6.45) is 7.00. The summed E-state index contributed by atoms with van der Waals surface area (Å²) in [5.74, 6) is -0.106. The third-order valence-electron chi connectivity index (χ3n) is 3.10. The lowest BCUT2D eigenvalue weighted by atomic mass is 9.99. The van der Waals surface area contributed by atoms with E-state index in [1.807, 2.05) is 79.7 Å². The van der Waals surface area contributed by atoms with Gasteiger partial charge in [0.1, 0.15) is 0 Å². The van der Waals surface area contributed by atoms with Gasteiger partial charge >= 0.3 is 0 Å². The molecule has 0 heterocycles. The molecule has 2 aromatic rings. The lowest BCUT2D eigenvalue weighted by molar-refractivity contribution is -0.117. The summed E-state index contributed by atoms with van der Waals surface area (Å²) in [5, 5.41) is 3.05. The van der Waals surface area contributed by atoms with Crippen LogP contribution < -0.4 is 5.32 Å². The molecule has 0 unspecified atom stereocenters. The minimum absolute atomic E-state index is 0.106. The van der Waals surface area contributed by atoms with E-state index in [9.17, 15) is 4.79 Å². The largest absolute Gasteiger partial charge is 0.342 e. The van der Waals surface area contributed by atoms with Gasteiger partial charge in [-0.05, 0) is 18.1 Å². The predicted molar refractivity (Wildman–Crippen MR) is 86.8 cm³/mol. The topological polar surface area (TPSA) is 29.1 Å². The fourth-order valence-electron chi connectivity index (χ4n) is 2.09. The summed E-state index contributed by atoms with van der Waals surface area (Å²) in [4.78, 5) is 12.0. The van der Waals surface area contributed by atoms with Gasteiger partial charge in [0.2, 0.25) is 5.91 Å². The van der Waals surface area contributed by atoms with Gasteiger partial charge in [-0.3, -0.25) is 4.79 Å². The molecular formula is C19H19NO. The lowest BCUT2D eigenvalue weighted by Gasteiger charge is -2.19. The number of benzene rings is 2. The summed E-state index contributed by atoms with van der Waals surface area (Å²) in [5.41, 5.74) is 2.13. The van der Waals surface area contributed by atoms with Crippen molar-refractivity contribution < 1.29 is 4.79 Å². The Balaban J connectivity index is 2.23. The first-order valence-electron chi connectivity index (χ1n) is 7.01. The van der Waals surface area contributed by atoms with Crippen LogP contribution in [0.3, 0.4) is 0 Å². The van der Waals surface area contributed by atoms with Gasteiger partial charge in [-0.15, -0.1) is 0 Å². The van der Waals surface area contributed by atoms with Crippen molar-refractivity contribution in [2.45, 2.75) is 13.0 Å². The summed E-state index contributed by atoms with van der Waals surface area (Å²) < 4.78 is 0. The van der Waals surface area contributed by atoms with Gasteiger partial charge in [0.25, 0.3) is 0 Å². The summed E-state index contributed by atoms with van der Waals surface area (Å²) in [6, 6.07) is 19.8. The van der Waals surface area contributed by atoms with Crippen LogP contribution in [0.1, 0.15) is 24.1 Å². The van der Waals surface area contributed by atoms with Crippen molar-refractivity contribution >= 4 is 5.91 Å². The Morgan fingerprint density at radius 1 is 0.905 bits per heavy atom. The molecule has 0 aliphatic heterocycles. The van der Waals surface area contributed by atoms with Crippen LogP contribution in [0.5, 0.6) is 0 Å². The van der Waals surface area contributed by atoms with Gasteiger partial charge in [-0.2, -0.15) is 0 Å². The van der Waals surface area contributed by atoms with E-state index in [-0.39, 0.29) is 11.9 Å². The molecule has 2 nitrogen and oxygen atoms in total. The molecule has 0 radical (unpaired) electrons. The SMILES string of the molecule is C/C=C/C=C/C(=O)NC(c1ccccc1)c1ccccc1. The van der Waals surface area contributed by atoms with E-state index in [4.69, 9.17) is 0 Å². The molecule has 0 bridgehead atoms. The lowest BCUT2D eigenvalue weighted by Crippen LogP contribution is -2.27.